The molecule has 0 atom stereocenters. The highest BCUT2D eigenvalue weighted by atomic mass is 35.5. The topological polar surface area (TPSA) is 79.5 Å². The minimum Gasteiger partial charge on any atom is -0.478 e. The number of hydrogen-bond donors (Lipinski definition) is 2. The third-order valence-corrected chi connectivity index (χ3v) is 3.11. The lowest BCUT2D eigenvalue weighted by Gasteiger charge is -2.31. The van der Waals surface area contributed by atoms with E-state index in [4.69, 9.17) is 22.4 Å². The van der Waals surface area contributed by atoms with E-state index in [2.05, 4.69) is 4.98 Å². The molecule has 2 heterocycles. The molecule has 3 N–H and O–H groups in total. The predicted molar refractivity (Wildman–Crippen MR) is 80.1 cm³/mol. The van der Waals surface area contributed by atoms with Crippen LogP contribution in [0.25, 0.3) is 0 Å². The average molecular weight is 329 g/mol. The molecule has 1 saturated heterocycles. The third kappa shape index (κ3) is 4.38. The van der Waals surface area contributed by atoms with Crippen LogP contribution in [0.4, 0.5) is 5.82 Å². The monoisotopic (exact) mass is 327 g/mol. The molecule has 1 aliphatic heterocycles. The van der Waals surface area contributed by atoms with Gasteiger partial charge in [0.1, 0.15) is 11.4 Å². The first-order chi connectivity index (χ1) is 8.08. The molecule has 0 saturated carbocycles. The minimum absolute atomic E-state index is 0. The van der Waals surface area contributed by atoms with Crippen molar-refractivity contribution in [3.8, 4) is 0 Å². The van der Waals surface area contributed by atoms with Gasteiger partial charge in [0.05, 0.1) is 5.02 Å². The summed E-state index contributed by atoms with van der Waals surface area (Å²) >= 11 is 5.76. The second kappa shape index (κ2) is 7.75. The first kappa shape index (κ1) is 18.2. The molecule has 1 aromatic rings. The minimum atomic E-state index is -1.01. The Bertz CT molecular complexity index is 437. The highest BCUT2D eigenvalue weighted by molar-refractivity contribution is 6.30. The van der Waals surface area contributed by atoms with Crippen LogP contribution in [0.2, 0.25) is 5.02 Å². The van der Waals surface area contributed by atoms with Crippen molar-refractivity contribution in [1.29, 1.82) is 0 Å². The van der Waals surface area contributed by atoms with Gasteiger partial charge in [0.2, 0.25) is 0 Å². The van der Waals surface area contributed by atoms with Crippen LogP contribution in [0.3, 0.4) is 0 Å². The fourth-order valence-corrected chi connectivity index (χ4v) is 2.11. The highest BCUT2D eigenvalue weighted by Crippen LogP contribution is 2.24. The molecule has 0 aromatic carbocycles. The maximum atomic E-state index is 11.1. The average Bonchev–Trinajstić information content (AvgIpc) is 2.30. The van der Waals surface area contributed by atoms with Gasteiger partial charge >= 0.3 is 5.97 Å². The Labute approximate surface area is 128 Å². The molecule has 108 valence electrons. The van der Waals surface area contributed by atoms with E-state index in [0.717, 1.165) is 25.9 Å². The molecule has 19 heavy (non-hydrogen) atoms. The number of hydrogen-bond acceptors (Lipinski definition) is 4. The Morgan fingerprint density at radius 3 is 2.53 bits per heavy atom. The third-order valence-electron chi connectivity index (χ3n) is 2.90. The molecular formula is C11H16Cl3N3O2. The van der Waals surface area contributed by atoms with Gasteiger partial charge in [-0.3, -0.25) is 0 Å². The van der Waals surface area contributed by atoms with Gasteiger partial charge in [0, 0.05) is 25.3 Å². The molecule has 0 spiro atoms. The molecule has 0 radical (unpaired) electrons. The van der Waals surface area contributed by atoms with Crippen molar-refractivity contribution in [1.82, 2.24) is 4.98 Å². The van der Waals surface area contributed by atoms with Gasteiger partial charge in [-0.25, -0.2) is 9.78 Å². The molecule has 1 fully saturated rings. The molecule has 0 bridgehead atoms. The first-order valence-corrected chi connectivity index (χ1v) is 5.85. The van der Waals surface area contributed by atoms with Gasteiger partial charge in [-0.2, -0.15) is 0 Å². The van der Waals surface area contributed by atoms with Crippen LogP contribution in [0.1, 0.15) is 23.2 Å². The van der Waals surface area contributed by atoms with E-state index in [-0.39, 0.29) is 36.4 Å². The second-order valence-electron chi connectivity index (χ2n) is 4.15. The smallest absolute Gasteiger partial charge is 0.339 e. The predicted octanol–water partition coefficient (Wildman–Crippen LogP) is 2.20. The fraction of sp³-hybridized carbons (Fsp3) is 0.455. The van der Waals surface area contributed by atoms with Crippen LogP contribution < -0.4 is 10.6 Å². The number of aromatic nitrogens is 1. The Hall–Kier alpha value is -0.750. The van der Waals surface area contributed by atoms with Crippen molar-refractivity contribution < 1.29 is 9.90 Å². The Kier molecular flexibility index (Phi) is 7.44. The van der Waals surface area contributed by atoms with E-state index in [0.29, 0.717) is 10.8 Å². The molecule has 2 rings (SSSR count). The zero-order chi connectivity index (χ0) is 12.4. The van der Waals surface area contributed by atoms with Crippen molar-refractivity contribution in [3.05, 3.63) is 22.8 Å². The van der Waals surface area contributed by atoms with Gasteiger partial charge in [-0.05, 0) is 18.9 Å². The Morgan fingerprint density at radius 2 is 2.00 bits per heavy atom. The highest BCUT2D eigenvalue weighted by Gasteiger charge is 2.22. The summed E-state index contributed by atoms with van der Waals surface area (Å²) in [6.45, 7) is 1.46. The number of pyridine rings is 1. The maximum Gasteiger partial charge on any atom is 0.339 e. The Morgan fingerprint density at radius 1 is 1.42 bits per heavy atom. The van der Waals surface area contributed by atoms with Crippen LogP contribution in [-0.4, -0.2) is 35.2 Å². The van der Waals surface area contributed by atoms with Gasteiger partial charge in [-0.15, -0.1) is 24.8 Å². The number of carboxylic acid groups (broad SMARTS) is 1. The van der Waals surface area contributed by atoms with Crippen LogP contribution in [-0.2, 0) is 0 Å². The summed E-state index contributed by atoms with van der Waals surface area (Å²) in [7, 11) is 0. The molecule has 0 unspecified atom stereocenters. The molecule has 5 nitrogen and oxygen atoms in total. The number of nitrogens with two attached hydrogens (primary N) is 1. The molecule has 0 aliphatic carbocycles. The van der Waals surface area contributed by atoms with E-state index < -0.39 is 5.97 Å². The van der Waals surface area contributed by atoms with E-state index in [9.17, 15) is 4.79 Å². The van der Waals surface area contributed by atoms with Crippen LogP contribution in [0.15, 0.2) is 12.3 Å². The van der Waals surface area contributed by atoms with Crippen molar-refractivity contribution in [2.75, 3.05) is 18.0 Å². The molecular weight excluding hydrogens is 312 g/mol. The summed E-state index contributed by atoms with van der Waals surface area (Å²) in [5.41, 5.74) is 5.96. The lowest BCUT2D eigenvalue weighted by atomic mass is 10.1. The van der Waals surface area contributed by atoms with Crippen LogP contribution in [0, 0.1) is 0 Å². The van der Waals surface area contributed by atoms with Gasteiger partial charge in [0.25, 0.3) is 0 Å². The van der Waals surface area contributed by atoms with Crippen LogP contribution >= 0.6 is 36.4 Å². The zero-order valence-electron chi connectivity index (χ0n) is 10.1. The molecule has 1 aliphatic rings. The number of carbonyl (C=O) groups is 1. The summed E-state index contributed by atoms with van der Waals surface area (Å²) in [6, 6.07) is 1.63. The first-order valence-electron chi connectivity index (χ1n) is 5.47. The number of halogens is 3. The number of aromatic carboxylic acids is 1. The number of rotatable bonds is 2. The summed E-state index contributed by atoms with van der Waals surface area (Å²) in [5.74, 6) is -0.529. The van der Waals surface area contributed by atoms with E-state index in [1.807, 2.05) is 4.90 Å². The SMILES string of the molecule is Cl.Cl.NC1CCN(c2ncc(Cl)cc2C(=O)O)CC1. The van der Waals surface area contributed by atoms with Crippen molar-refractivity contribution in [2.45, 2.75) is 18.9 Å². The van der Waals surface area contributed by atoms with Crippen molar-refractivity contribution in [2.24, 2.45) is 5.73 Å². The standard InChI is InChI=1S/C11H14ClN3O2.2ClH/c12-7-5-9(11(16)17)10(14-6-7)15-3-1-8(13)2-4-15;;/h5-6,8H,1-4,13H2,(H,16,17);2*1H. The number of nitrogens with zero attached hydrogens (tertiary/aromatic N) is 2. The zero-order valence-corrected chi connectivity index (χ0v) is 12.5. The van der Waals surface area contributed by atoms with Gasteiger partial charge in [0.15, 0.2) is 0 Å². The molecule has 1 aromatic heterocycles. The van der Waals surface area contributed by atoms with Crippen molar-refractivity contribution in [3.63, 3.8) is 0 Å². The summed E-state index contributed by atoms with van der Waals surface area (Å²) in [6.07, 6.45) is 3.17. The summed E-state index contributed by atoms with van der Waals surface area (Å²) < 4.78 is 0. The van der Waals surface area contributed by atoms with E-state index in [1.54, 1.807) is 0 Å². The van der Waals surface area contributed by atoms with Crippen LogP contribution in [0.5, 0.6) is 0 Å². The summed E-state index contributed by atoms with van der Waals surface area (Å²) in [5, 5.41) is 9.46. The van der Waals surface area contributed by atoms with Gasteiger partial charge < -0.3 is 15.7 Å². The molecule has 0 amide bonds. The lowest BCUT2D eigenvalue weighted by Crippen LogP contribution is -2.40. The van der Waals surface area contributed by atoms with Crippen molar-refractivity contribution >= 4 is 48.2 Å². The summed E-state index contributed by atoms with van der Waals surface area (Å²) in [4.78, 5) is 17.2. The molecule has 8 heteroatoms. The van der Waals surface area contributed by atoms with Gasteiger partial charge in [-0.1, -0.05) is 11.6 Å². The maximum absolute atomic E-state index is 11.1. The number of anilines is 1. The lowest BCUT2D eigenvalue weighted by molar-refractivity contribution is 0.0697. The number of carboxylic acids is 1. The largest absolute Gasteiger partial charge is 0.478 e. The van der Waals surface area contributed by atoms with E-state index >= 15 is 0 Å². The quantitative estimate of drug-likeness (QED) is 0.870. The van der Waals surface area contributed by atoms with E-state index in [1.165, 1.54) is 12.3 Å². The normalized spacial score (nSPS) is 15.4. The second-order valence-corrected chi connectivity index (χ2v) is 4.59. The fourth-order valence-electron chi connectivity index (χ4n) is 1.95. The Balaban J connectivity index is 0.00000162. The number of piperidine rings is 1.